The van der Waals surface area contributed by atoms with Gasteiger partial charge >= 0.3 is 12.7 Å². The number of nitroso groups, excluding NO2 is 1. The van der Waals surface area contributed by atoms with Crippen molar-refractivity contribution >= 4 is 12.7 Å². The maximum atomic E-state index is 12.0. The van der Waals surface area contributed by atoms with Gasteiger partial charge in [0.15, 0.2) is 0 Å². The molecule has 1 amide bonds. The molecule has 0 spiro atoms. The molecule has 0 fully saturated rings. The molecule has 2 aromatic rings. The van der Waals surface area contributed by atoms with E-state index in [0.717, 1.165) is 0 Å². The van der Waals surface area contributed by atoms with E-state index in [0.29, 0.717) is 30.8 Å². The number of nitrogens with zero attached hydrogens (tertiary/aromatic N) is 4. The van der Waals surface area contributed by atoms with Gasteiger partial charge in [-0.15, -0.1) is 10.0 Å². The Balaban J connectivity index is 2.15. The van der Waals surface area contributed by atoms with Gasteiger partial charge in [-0.25, -0.2) is 0 Å². The first-order chi connectivity index (χ1) is 11.4. The molecule has 1 aromatic heterocycles. The van der Waals surface area contributed by atoms with Crippen LogP contribution in [0.1, 0.15) is 15.9 Å². The van der Waals surface area contributed by atoms with Crippen LogP contribution in [0, 0.1) is 4.91 Å². The van der Waals surface area contributed by atoms with Crippen LogP contribution in [-0.4, -0.2) is 44.2 Å². The fourth-order valence-electron chi connectivity index (χ4n) is 2.68. The van der Waals surface area contributed by atoms with Crippen LogP contribution in [0.3, 0.4) is 0 Å². The number of amides is 1. The lowest BCUT2D eigenvalue weighted by molar-refractivity contribution is 0.0998. The molecule has 10 nitrogen and oxygen atoms in total. The Labute approximate surface area is 136 Å². The topological polar surface area (TPSA) is 153 Å². The number of hydrogen-bond donors (Lipinski definition) is 3. The minimum absolute atomic E-state index is 0.00117. The summed E-state index contributed by atoms with van der Waals surface area (Å²) in [6.45, 7) is -2.30. The van der Waals surface area contributed by atoms with Crippen LogP contribution in [0.15, 0.2) is 23.5 Å². The van der Waals surface area contributed by atoms with Gasteiger partial charge < -0.3 is 20.4 Å². The first-order valence-corrected chi connectivity index (χ1v) is 7.38. The number of rotatable bonds is 4. The van der Waals surface area contributed by atoms with E-state index in [1.165, 1.54) is 4.68 Å². The summed E-state index contributed by atoms with van der Waals surface area (Å²) in [5.41, 5.74) is 6.48. The van der Waals surface area contributed by atoms with Crippen LogP contribution in [0.25, 0.3) is 11.3 Å². The SMILES string of the molecule is NCCn1cc(-c2ccc3c(c2C(=O)N=O)O[B-](O)(O)CC3)nn1. The van der Waals surface area contributed by atoms with Crippen LogP contribution in [-0.2, 0) is 13.0 Å². The van der Waals surface area contributed by atoms with E-state index in [1.54, 1.807) is 18.3 Å². The van der Waals surface area contributed by atoms with Crippen LogP contribution in [0.2, 0.25) is 6.32 Å². The van der Waals surface area contributed by atoms with Crippen molar-refractivity contribution in [3.63, 3.8) is 0 Å². The molecule has 4 N–H and O–H groups in total. The van der Waals surface area contributed by atoms with Crippen molar-refractivity contribution in [2.75, 3.05) is 6.54 Å². The van der Waals surface area contributed by atoms with Crippen molar-refractivity contribution in [1.29, 1.82) is 0 Å². The number of benzene rings is 1. The van der Waals surface area contributed by atoms with E-state index < -0.39 is 12.7 Å². The summed E-state index contributed by atoms with van der Waals surface area (Å²) >= 11 is 0. The molecule has 1 aliphatic rings. The molecule has 24 heavy (non-hydrogen) atoms. The zero-order valence-electron chi connectivity index (χ0n) is 12.6. The van der Waals surface area contributed by atoms with Crippen molar-refractivity contribution in [2.24, 2.45) is 10.9 Å². The first-order valence-electron chi connectivity index (χ1n) is 7.38. The second-order valence-electron chi connectivity index (χ2n) is 5.54. The predicted molar refractivity (Wildman–Crippen MR) is 84.0 cm³/mol. The Morgan fingerprint density at radius 3 is 2.96 bits per heavy atom. The van der Waals surface area contributed by atoms with Crippen LogP contribution in [0.5, 0.6) is 5.75 Å². The monoisotopic (exact) mass is 332 g/mol. The van der Waals surface area contributed by atoms with Crippen LogP contribution < -0.4 is 10.4 Å². The largest absolute Gasteiger partial charge is 0.669 e. The number of fused-ring (bicyclic) bond motifs is 1. The minimum Gasteiger partial charge on any atom is -0.669 e. The predicted octanol–water partition coefficient (Wildman–Crippen LogP) is -0.331. The summed E-state index contributed by atoms with van der Waals surface area (Å²) in [5.74, 6) is -1.13. The maximum Gasteiger partial charge on any atom is 0.430 e. The molecule has 0 saturated carbocycles. The van der Waals surface area contributed by atoms with Gasteiger partial charge in [0, 0.05) is 17.3 Å². The van der Waals surface area contributed by atoms with Gasteiger partial charge in [-0.2, -0.15) is 0 Å². The number of aryl methyl sites for hydroxylation is 1. The maximum absolute atomic E-state index is 12.0. The third-order valence-corrected chi connectivity index (χ3v) is 3.81. The second kappa shape index (κ2) is 6.11. The van der Waals surface area contributed by atoms with Crippen molar-refractivity contribution in [1.82, 2.24) is 15.0 Å². The lowest BCUT2D eigenvalue weighted by Crippen LogP contribution is -2.45. The quantitative estimate of drug-likeness (QED) is 0.508. The summed E-state index contributed by atoms with van der Waals surface area (Å²) < 4.78 is 6.66. The molecule has 126 valence electrons. The van der Waals surface area contributed by atoms with Gasteiger partial charge in [0.2, 0.25) is 0 Å². The van der Waals surface area contributed by atoms with Gasteiger partial charge in [-0.3, -0.25) is 9.48 Å². The molecular formula is C13H15BN5O5-. The third kappa shape index (κ3) is 2.91. The number of carbonyl (C=O) groups is 1. The summed E-state index contributed by atoms with van der Waals surface area (Å²) in [4.78, 5) is 22.8. The fourth-order valence-corrected chi connectivity index (χ4v) is 2.68. The number of carbonyl (C=O) groups excluding carboxylic acids is 1. The van der Waals surface area contributed by atoms with Crippen LogP contribution >= 0.6 is 0 Å². The molecule has 0 bridgehead atoms. The van der Waals surface area contributed by atoms with Crippen molar-refractivity contribution in [3.05, 3.63) is 34.4 Å². The Kier molecular flexibility index (Phi) is 4.14. The van der Waals surface area contributed by atoms with Gasteiger partial charge in [0.1, 0.15) is 5.69 Å². The molecule has 1 aromatic carbocycles. The molecule has 0 unspecified atom stereocenters. The average molecular weight is 332 g/mol. The number of aromatic nitrogens is 3. The number of nitrogens with two attached hydrogens (primary N) is 1. The number of hydrogen-bond acceptors (Lipinski definition) is 8. The zero-order chi connectivity index (χ0) is 17.3. The van der Waals surface area contributed by atoms with E-state index in [9.17, 15) is 19.7 Å². The Hall–Kier alpha value is -2.63. The fraction of sp³-hybridized carbons (Fsp3) is 0.308. The minimum atomic E-state index is -3.09. The van der Waals surface area contributed by atoms with E-state index in [4.69, 9.17) is 10.4 Å². The normalized spacial score (nSPS) is 15.5. The smallest absolute Gasteiger partial charge is 0.430 e. The Bertz CT molecular complexity index is 806. The van der Waals surface area contributed by atoms with Gasteiger partial charge in [0.25, 0.3) is 0 Å². The van der Waals surface area contributed by atoms with Gasteiger partial charge in [0.05, 0.1) is 24.1 Å². The molecule has 3 rings (SSSR count). The molecule has 11 heteroatoms. The van der Waals surface area contributed by atoms with Crippen molar-refractivity contribution in [2.45, 2.75) is 19.3 Å². The van der Waals surface area contributed by atoms with E-state index in [1.807, 2.05) is 0 Å². The highest BCUT2D eigenvalue weighted by molar-refractivity contribution is 6.59. The molecule has 1 aliphatic heterocycles. The van der Waals surface area contributed by atoms with Gasteiger partial charge in [-0.1, -0.05) is 23.7 Å². The zero-order valence-corrected chi connectivity index (χ0v) is 12.6. The average Bonchev–Trinajstić information content (AvgIpc) is 3.01. The molecule has 0 atom stereocenters. The highest BCUT2D eigenvalue weighted by Crippen LogP contribution is 2.38. The first kappa shape index (κ1) is 16.2. The van der Waals surface area contributed by atoms with Gasteiger partial charge in [-0.05, 0) is 12.0 Å². The molecule has 0 saturated heterocycles. The lowest BCUT2D eigenvalue weighted by atomic mass is 9.70. The third-order valence-electron chi connectivity index (χ3n) is 3.81. The molecule has 2 heterocycles. The van der Waals surface area contributed by atoms with Crippen LogP contribution in [0.4, 0.5) is 0 Å². The molecular weight excluding hydrogens is 317 g/mol. The summed E-state index contributed by atoms with van der Waals surface area (Å²) in [7, 11) is 0. The molecule has 0 radical (unpaired) electrons. The Morgan fingerprint density at radius 1 is 1.46 bits per heavy atom. The summed E-state index contributed by atoms with van der Waals surface area (Å²) in [6, 6.07) is 3.28. The van der Waals surface area contributed by atoms with Crippen molar-refractivity contribution < 1.29 is 19.5 Å². The van der Waals surface area contributed by atoms with E-state index >= 15 is 0 Å². The highest BCUT2D eigenvalue weighted by Gasteiger charge is 2.33. The lowest BCUT2D eigenvalue weighted by Gasteiger charge is -2.37. The summed E-state index contributed by atoms with van der Waals surface area (Å²) in [5, 5.41) is 29.8. The van der Waals surface area contributed by atoms with E-state index in [-0.39, 0.29) is 23.2 Å². The highest BCUT2D eigenvalue weighted by atomic mass is 16.6. The Morgan fingerprint density at radius 2 is 2.25 bits per heavy atom. The second-order valence-corrected chi connectivity index (χ2v) is 5.54. The van der Waals surface area contributed by atoms with E-state index in [2.05, 4.69) is 15.5 Å². The van der Waals surface area contributed by atoms with Crippen molar-refractivity contribution in [3.8, 4) is 17.0 Å². The summed E-state index contributed by atoms with van der Waals surface area (Å²) in [6.07, 6.45) is 1.86. The molecule has 0 aliphatic carbocycles. The standard InChI is InChI=1S/C13H15BN5O5/c15-5-6-19-7-10(16-18-19)9-2-1-8-3-4-14(21,22)24-12(8)11(9)13(20)17-23/h1-2,7,21-22H,3-6,15H2/q-1.